The van der Waals surface area contributed by atoms with Crippen molar-refractivity contribution >= 4 is 32.6 Å². The van der Waals surface area contributed by atoms with Gasteiger partial charge in [-0.15, -0.1) is 11.6 Å². The highest BCUT2D eigenvalue weighted by atomic mass is 35.5. The van der Waals surface area contributed by atoms with Crippen molar-refractivity contribution in [3.05, 3.63) is 23.7 Å². The topological polar surface area (TPSA) is 64.8 Å². The van der Waals surface area contributed by atoms with Gasteiger partial charge < -0.3 is 4.57 Å². The molecule has 0 aliphatic rings. The quantitative estimate of drug-likeness (QED) is 0.791. The molecule has 0 spiro atoms. The molecule has 0 aromatic carbocycles. The molecule has 0 saturated carbocycles. The van der Waals surface area contributed by atoms with E-state index in [1.54, 1.807) is 11.5 Å². The van der Waals surface area contributed by atoms with Crippen molar-refractivity contribution in [1.82, 2.24) is 14.5 Å². The second-order valence-corrected chi connectivity index (χ2v) is 7.09. The second-order valence-electron chi connectivity index (χ2n) is 4.35. The van der Waals surface area contributed by atoms with Crippen molar-refractivity contribution in [3.8, 4) is 0 Å². The van der Waals surface area contributed by atoms with E-state index in [-0.39, 0.29) is 17.4 Å². The van der Waals surface area contributed by atoms with Crippen molar-refractivity contribution in [2.45, 2.75) is 26.3 Å². The molecule has 2 aromatic rings. The molecule has 7 heteroatoms. The Balaban J connectivity index is 2.42. The van der Waals surface area contributed by atoms with Crippen LogP contribution in [-0.2, 0) is 22.3 Å². The van der Waals surface area contributed by atoms with Gasteiger partial charge in [0.25, 0.3) is 0 Å². The maximum absolute atomic E-state index is 11.6. The largest absolute Gasteiger partial charge is 0.311 e. The zero-order chi connectivity index (χ0) is 14.0. The number of aromatic nitrogens is 3. The normalized spacial score (nSPS) is 12.2. The number of nitrogens with zero attached hydrogens (tertiary/aromatic N) is 3. The Labute approximate surface area is 117 Å². The maximum atomic E-state index is 11.6. The fourth-order valence-corrected chi connectivity index (χ4v) is 2.81. The fourth-order valence-electron chi connectivity index (χ4n) is 1.85. The molecule has 2 rings (SSSR count). The first kappa shape index (κ1) is 14.3. The molecule has 19 heavy (non-hydrogen) atoms. The van der Waals surface area contributed by atoms with Crippen molar-refractivity contribution in [3.63, 3.8) is 0 Å². The monoisotopic (exact) mass is 301 g/mol. The SMILES string of the molecule is CCS(=O)(=O)CCn1c(CCl)nc2ccc(C)nc21. The molecule has 0 aliphatic heterocycles. The Morgan fingerprint density at radius 2 is 2.05 bits per heavy atom. The molecule has 0 N–H and O–H groups in total. The third kappa shape index (κ3) is 3.06. The number of rotatable bonds is 5. The van der Waals surface area contributed by atoms with Gasteiger partial charge in [0.2, 0.25) is 0 Å². The highest BCUT2D eigenvalue weighted by Crippen LogP contribution is 2.16. The predicted octanol–water partition coefficient (Wildman–Crippen LogP) is 1.91. The Morgan fingerprint density at radius 3 is 2.68 bits per heavy atom. The summed E-state index contributed by atoms with van der Waals surface area (Å²) in [5.41, 5.74) is 2.31. The molecular formula is C12H16ClN3O2S. The van der Waals surface area contributed by atoms with Gasteiger partial charge in [-0.05, 0) is 19.1 Å². The number of halogens is 1. The first-order chi connectivity index (χ1) is 8.96. The molecule has 2 heterocycles. The summed E-state index contributed by atoms with van der Waals surface area (Å²) in [5.74, 6) is 1.11. The lowest BCUT2D eigenvalue weighted by Gasteiger charge is -2.07. The molecule has 0 bridgehead atoms. The standard InChI is InChI=1S/C12H16ClN3O2S/c1-3-19(17,18)7-6-16-11(8-13)15-10-5-4-9(2)14-12(10)16/h4-5H,3,6-8H2,1-2H3. The van der Waals surface area contributed by atoms with Crippen LogP contribution >= 0.6 is 11.6 Å². The van der Waals surface area contributed by atoms with E-state index in [2.05, 4.69) is 9.97 Å². The van der Waals surface area contributed by atoms with E-state index in [4.69, 9.17) is 11.6 Å². The van der Waals surface area contributed by atoms with Gasteiger partial charge in [-0.3, -0.25) is 0 Å². The molecule has 0 amide bonds. The number of sulfone groups is 1. The summed E-state index contributed by atoms with van der Waals surface area (Å²) in [7, 11) is -3.02. The van der Waals surface area contributed by atoms with Gasteiger partial charge in [0, 0.05) is 18.0 Å². The number of aryl methyl sites for hydroxylation is 2. The van der Waals surface area contributed by atoms with Crippen LogP contribution in [0.2, 0.25) is 0 Å². The molecule has 0 fully saturated rings. The zero-order valence-corrected chi connectivity index (χ0v) is 12.5. The Hall–Kier alpha value is -1.14. The molecule has 5 nitrogen and oxygen atoms in total. The average molecular weight is 302 g/mol. The molecule has 2 aromatic heterocycles. The van der Waals surface area contributed by atoms with Crippen LogP contribution in [0.15, 0.2) is 12.1 Å². The van der Waals surface area contributed by atoms with Gasteiger partial charge in [-0.25, -0.2) is 18.4 Å². The lowest BCUT2D eigenvalue weighted by atomic mass is 10.3. The summed E-state index contributed by atoms with van der Waals surface area (Å²) in [6.45, 7) is 3.87. The third-order valence-corrected chi connectivity index (χ3v) is 4.92. The van der Waals surface area contributed by atoms with Gasteiger partial charge in [-0.2, -0.15) is 0 Å². The molecule has 0 unspecified atom stereocenters. The van der Waals surface area contributed by atoms with Crippen molar-refractivity contribution in [2.75, 3.05) is 11.5 Å². The van der Waals surface area contributed by atoms with Crippen molar-refractivity contribution in [2.24, 2.45) is 0 Å². The number of pyridine rings is 1. The number of imidazole rings is 1. The van der Waals surface area contributed by atoms with Gasteiger partial charge in [0.05, 0.1) is 11.6 Å². The van der Waals surface area contributed by atoms with Gasteiger partial charge >= 0.3 is 0 Å². The van der Waals surface area contributed by atoms with E-state index >= 15 is 0 Å². The fraction of sp³-hybridized carbons (Fsp3) is 0.500. The number of fused-ring (bicyclic) bond motifs is 1. The lowest BCUT2D eigenvalue weighted by Crippen LogP contribution is -2.16. The van der Waals surface area contributed by atoms with E-state index < -0.39 is 9.84 Å². The van der Waals surface area contributed by atoms with Gasteiger partial charge in [-0.1, -0.05) is 6.92 Å². The van der Waals surface area contributed by atoms with Crippen molar-refractivity contribution in [1.29, 1.82) is 0 Å². The first-order valence-electron chi connectivity index (χ1n) is 6.06. The molecule has 0 radical (unpaired) electrons. The summed E-state index contributed by atoms with van der Waals surface area (Å²) in [6.07, 6.45) is 0. The minimum atomic E-state index is -3.02. The molecule has 104 valence electrons. The third-order valence-electron chi connectivity index (χ3n) is 3.00. The smallest absolute Gasteiger partial charge is 0.160 e. The van der Waals surface area contributed by atoms with Crippen LogP contribution < -0.4 is 0 Å². The summed E-state index contributed by atoms with van der Waals surface area (Å²) in [5, 5.41) is 0. The minimum absolute atomic E-state index is 0.0778. The average Bonchev–Trinajstić information content (AvgIpc) is 2.73. The Bertz CT molecular complexity index is 694. The van der Waals surface area contributed by atoms with Crippen LogP contribution in [0, 0.1) is 6.92 Å². The van der Waals surface area contributed by atoms with Crippen LogP contribution in [-0.4, -0.2) is 34.5 Å². The summed E-state index contributed by atoms with van der Waals surface area (Å²) >= 11 is 5.87. The number of alkyl halides is 1. The maximum Gasteiger partial charge on any atom is 0.160 e. The van der Waals surface area contributed by atoms with Crippen LogP contribution in [0.3, 0.4) is 0 Å². The van der Waals surface area contributed by atoms with E-state index in [9.17, 15) is 8.42 Å². The molecular weight excluding hydrogens is 286 g/mol. The highest BCUT2D eigenvalue weighted by Gasteiger charge is 2.14. The van der Waals surface area contributed by atoms with E-state index in [1.807, 2.05) is 19.1 Å². The van der Waals surface area contributed by atoms with Crippen LogP contribution in [0.25, 0.3) is 11.2 Å². The van der Waals surface area contributed by atoms with Crippen molar-refractivity contribution < 1.29 is 8.42 Å². The number of hydrogen-bond acceptors (Lipinski definition) is 4. The van der Waals surface area contributed by atoms with E-state index in [0.717, 1.165) is 11.2 Å². The van der Waals surface area contributed by atoms with Crippen LogP contribution in [0.1, 0.15) is 18.4 Å². The Morgan fingerprint density at radius 1 is 1.32 bits per heavy atom. The van der Waals surface area contributed by atoms with Gasteiger partial charge in [0.1, 0.15) is 11.3 Å². The minimum Gasteiger partial charge on any atom is -0.311 e. The van der Waals surface area contributed by atoms with Gasteiger partial charge in [0.15, 0.2) is 15.5 Å². The highest BCUT2D eigenvalue weighted by molar-refractivity contribution is 7.91. The summed E-state index contributed by atoms with van der Waals surface area (Å²) < 4.78 is 25.0. The first-order valence-corrected chi connectivity index (χ1v) is 8.41. The van der Waals surface area contributed by atoms with Crippen LogP contribution in [0.4, 0.5) is 0 Å². The van der Waals surface area contributed by atoms with E-state index in [1.165, 1.54) is 0 Å². The lowest BCUT2D eigenvalue weighted by molar-refractivity contribution is 0.589. The second kappa shape index (κ2) is 5.46. The summed E-state index contributed by atoms with van der Waals surface area (Å²) in [4.78, 5) is 8.79. The number of hydrogen-bond donors (Lipinski definition) is 0. The molecule has 0 atom stereocenters. The Kier molecular flexibility index (Phi) is 4.10. The predicted molar refractivity (Wildman–Crippen MR) is 76.1 cm³/mol. The zero-order valence-electron chi connectivity index (χ0n) is 10.9. The molecule has 0 aliphatic carbocycles. The van der Waals surface area contributed by atoms with E-state index in [0.29, 0.717) is 18.0 Å². The van der Waals surface area contributed by atoms with Crippen LogP contribution in [0.5, 0.6) is 0 Å². The summed E-state index contributed by atoms with van der Waals surface area (Å²) in [6, 6.07) is 3.75. The molecule has 0 saturated heterocycles.